The van der Waals surface area contributed by atoms with E-state index in [0.717, 1.165) is 11.8 Å². The Hall–Kier alpha value is -0.250. The highest BCUT2D eigenvalue weighted by Gasteiger charge is 2.26. The fourth-order valence-electron chi connectivity index (χ4n) is 1.74. The highest BCUT2D eigenvalue weighted by atomic mass is 79.9. The van der Waals surface area contributed by atoms with Crippen molar-refractivity contribution in [2.75, 3.05) is 5.33 Å². The molecule has 1 N–H and O–H groups in total. The zero-order chi connectivity index (χ0) is 14.6. The molecule has 1 unspecified atom stereocenters. The molecule has 0 bridgehead atoms. The highest BCUT2D eigenvalue weighted by molar-refractivity contribution is 9.09. The van der Waals surface area contributed by atoms with E-state index in [1.54, 1.807) is 18.2 Å². The van der Waals surface area contributed by atoms with Crippen molar-refractivity contribution in [2.24, 2.45) is 5.41 Å². The maximum atomic E-state index is 12.3. The van der Waals surface area contributed by atoms with Crippen molar-refractivity contribution in [1.82, 2.24) is 5.32 Å². The number of benzene rings is 1. The first-order chi connectivity index (χ1) is 8.75. The molecule has 2 nitrogen and oxygen atoms in total. The van der Waals surface area contributed by atoms with Crippen LogP contribution in [0, 0.1) is 5.41 Å². The van der Waals surface area contributed by atoms with Gasteiger partial charge in [-0.05, 0) is 30.0 Å². The summed E-state index contributed by atoms with van der Waals surface area (Å²) in [4.78, 5) is 12.3. The zero-order valence-electron chi connectivity index (χ0n) is 11.3. The van der Waals surface area contributed by atoms with Gasteiger partial charge in [0.15, 0.2) is 0 Å². The van der Waals surface area contributed by atoms with Crippen LogP contribution >= 0.6 is 39.1 Å². The van der Waals surface area contributed by atoms with Gasteiger partial charge in [0.2, 0.25) is 0 Å². The number of carbonyl (C=O) groups is 1. The molecule has 1 aromatic carbocycles. The predicted molar refractivity (Wildman–Crippen MR) is 85.6 cm³/mol. The number of halogens is 3. The molecule has 0 aliphatic rings. The van der Waals surface area contributed by atoms with Crippen LogP contribution in [0.1, 0.15) is 37.6 Å². The molecule has 0 radical (unpaired) electrons. The first-order valence-corrected chi connectivity index (χ1v) is 7.95. The number of carbonyl (C=O) groups excluding carboxylic acids is 1. The molecule has 0 aromatic heterocycles. The van der Waals surface area contributed by atoms with Crippen LogP contribution in [0.3, 0.4) is 0 Å². The first-order valence-electron chi connectivity index (χ1n) is 6.07. The van der Waals surface area contributed by atoms with Crippen molar-refractivity contribution in [1.29, 1.82) is 0 Å². The SMILES string of the molecule is CC(C)(C)C(CCBr)NC(=O)c1ccc(Cl)cc1Cl. The van der Waals surface area contributed by atoms with Gasteiger partial charge in [-0.25, -0.2) is 0 Å². The molecule has 0 spiro atoms. The Kier molecular flexibility index (Phi) is 6.15. The second kappa shape index (κ2) is 6.96. The van der Waals surface area contributed by atoms with Crippen molar-refractivity contribution in [3.05, 3.63) is 33.8 Å². The summed E-state index contributed by atoms with van der Waals surface area (Å²) in [7, 11) is 0. The maximum absolute atomic E-state index is 12.3. The van der Waals surface area contributed by atoms with Crippen molar-refractivity contribution >= 4 is 45.0 Å². The van der Waals surface area contributed by atoms with Crippen LogP contribution in [0.25, 0.3) is 0 Å². The Balaban J connectivity index is 2.88. The molecule has 1 amide bonds. The molecule has 0 fully saturated rings. The van der Waals surface area contributed by atoms with Crippen molar-refractivity contribution in [3.8, 4) is 0 Å². The van der Waals surface area contributed by atoms with Gasteiger partial charge in [0.25, 0.3) is 5.91 Å². The number of alkyl halides is 1. The van der Waals surface area contributed by atoms with Crippen LogP contribution in [-0.2, 0) is 0 Å². The first kappa shape index (κ1) is 16.8. The standard InChI is InChI=1S/C14H18BrCl2NO/c1-14(2,3)12(6-7-15)18-13(19)10-5-4-9(16)8-11(10)17/h4-5,8,12H,6-7H2,1-3H3,(H,18,19). The summed E-state index contributed by atoms with van der Waals surface area (Å²) >= 11 is 15.3. The summed E-state index contributed by atoms with van der Waals surface area (Å²) in [6.07, 6.45) is 0.862. The van der Waals surface area contributed by atoms with E-state index in [-0.39, 0.29) is 17.4 Å². The second-order valence-corrected chi connectivity index (χ2v) is 7.13. The maximum Gasteiger partial charge on any atom is 0.253 e. The lowest BCUT2D eigenvalue weighted by Crippen LogP contribution is -2.44. The third kappa shape index (κ3) is 4.97. The smallest absolute Gasteiger partial charge is 0.253 e. The Morgan fingerprint density at radius 1 is 1.37 bits per heavy atom. The quantitative estimate of drug-likeness (QED) is 0.752. The van der Waals surface area contributed by atoms with E-state index in [1.165, 1.54) is 0 Å². The van der Waals surface area contributed by atoms with E-state index in [0.29, 0.717) is 15.6 Å². The van der Waals surface area contributed by atoms with Crippen molar-refractivity contribution < 1.29 is 4.79 Å². The molecule has 0 saturated heterocycles. The van der Waals surface area contributed by atoms with E-state index >= 15 is 0 Å². The van der Waals surface area contributed by atoms with E-state index in [4.69, 9.17) is 23.2 Å². The van der Waals surface area contributed by atoms with Gasteiger partial charge in [0, 0.05) is 16.4 Å². The minimum absolute atomic E-state index is 0.0116. The van der Waals surface area contributed by atoms with Crippen LogP contribution in [-0.4, -0.2) is 17.3 Å². The summed E-state index contributed by atoms with van der Waals surface area (Å²) in [6, 6.07) is 4.97. The monoisotopic (exact) mass is 365 g/mol. The van der Waals surface area contributed by atoms with Crippen molar-refractivity contribution in [2.45, 2.75) is 33.2 Å². The van der Waals surface area contributed by atoms with Crippen LogP contribution in [0.15, 0.2) is 18.2 Å². The lowest BCUT2D eigenvalue weighted by Gasteiger charge is -2.31. The van der Waals surface area contributed by atoms with Crippen LogP contribution in [0.2, 0.25) is 10.0 Å². The fraction of sp³-hybridized carbons (Fsp3) is 0.500. The predicted octanol–water partition coefficient (Wildman–Crippen LogP) is 4.92. The minimum Gasteiger partial charge on any atom is -0.349 e. The topological polar surface area (TPSA) is 29.1 Å². The van der Waals surface area contributed by atoms with E-state index < -0.39 is 0 Å². The molecule has 19 heavy (non-hydrogen) atoms. The number of rotatable bonds is 4. The second-order valence-electron chi connectivity index (χ2n) is 5.49. The Morgan fingerprint density at radius 2 is 2.00 bits per heavy atom. The van der Waals surface area contributed by atoms with Gasteiger partial charge < -0.3 is 5.32 Å². The molecule has 106 valence electrons. The summed E-state index contributed by atoms with van der Waals surface area (Å²) in [5.41, 5.74) is 0.442. The minimum atomic E-state index is -0.164. The summed E-state index contributed by atoms with van der Waals surface area (Å²) < 4.78 is 0. The Labute approximate surface area is 133 Å². The van der Waals surface area contributed by atoms with Gasteiger partial charge in [-0.15, -0.1) is 0 Å². The van der Waals surface area contributed by atoms with Crippen LogP contribution in [0.4, 0.5) is 0 Å². The van der Waals surface area contributed by atoms with E-state index in [1.807, 2.05) is 0 Å². The average Bonchev–Trinajstić information content (AvgIpc) is 2.26. The normalized spacial score (nSPS) is 13.2. The summed E-state index contributed by atoms with van der Waals surface area (Å²) in [6.45, 7) is 6.30. The summed E-state index contributed by atoms with van der Waals surface area (Å²) in [5.74, 6) is -0.164. The molecule has 1 aromatic rings. The van der Waals surface area contributed by atoms with E-state index in [9.17, 15) is 4.79 Å². The molecule has 0 aliphatic heterocycles. The summed E-state index contributed by atoms with van der Waals surface area (Å²) in [5, 5.41) is 4.77. The lowest BCUT2D eigenvalue weighted by molar-refractivity contribution is 0.0901. The molecular formula is C14H18BrCl2NO. The van der Waals surface area contributed by atoms with E-state index in [2.05, 4.69) is 42.0 Å². The van der Waals surface area contributed by atoms with Gasteiger partial charge >= 0.3 is 0 Å². The van der Waals surface area contributed by atoms with Gasteiger partial charge in [-0.1, -0.05) is 59.9 Å². The molecule has 0 aliphatic carbocycles. The number of amides is 1. The third-order valence-corrected chi connectivity index (χ3v) is 3.93. The Morgan fingerprint density at radius 3 is 2.47 bits per heavy atom. The molecule has 5 heteroatoms. The molecular weight excluding hydrogens is 349 g/mol. The van der Waals surface area contributed by atoms with Crippen LogP contribution < -0.4 is 5.32 Å². The van der Waals surface area contributed by atoms with Gasteiger partial charge in [-0.2, -0.15) is 0 Å². The van der Waals surface area contributed by atoms with Crippen LogP contribution in [0.5, 0.6) is 0 Å². The number of hydrogen-bond donors (Lipinski definition) is 1. The molecule has 0 saturated carbocycles. The molecule has 1 atom stereocenters. The fourth-order valence-corrected chi connectivity index (χ4v) is 2.69. The average molecular weight is 367 g/mol. The van der Waals surface area contributed by atoms with Gasteiger partial charge in [-0.3, -0.25) is 4.79 Å². The third-order valence-electron chi connectivity index (χ3n) is 2.92. The van der Waals surface area contributed by atoms with Gasteiger partial charge in [0.1, 0.15) is 0 Å². The molecule has 0 heterocycles. The van der Waals surface area contributed by atoms with Crippen molar-refractivity contribution in [3.63, 3.8) is 0 Å². The highest BCUT2D eigenvalue weighted by Crippen LogP contribution is 2.25. The number of nitrogens with one attached hydrogen (secondary N) is 1. The number of hydrogen-bond acceptors (Lipinski definition) is 1. The zero-order valence-corrected chi connectivity index (χ0v) is 14.4. The van der Waals surface area contributed by atoms with Gasteiger partial charge in [0.05, 0.1) is 10.6 Å². The largest absolute Gasteiger partial charge is 0.349 e. The molecule has 1 rings (SSSR count). The Bertz CT molecular complexity index is 457. The lowest BCUT2D eigenvalue weighted by atomic mass is 9.85.